The van der Waals surface area contributed by atoms with Crippen molar-refractivity contribution in [3.63, 3.8) is 0 Å². The first-order valence-corrected chi connectivity index (χ1v) is 11.0. The largest absolute Gasteiger partial charge is 0.364 e. The highest BCUT2D eigenvalue weighted by molar-refractivity contribution is 6.09. The third kappa shape index (κ3) is 6.04. The van der Waals surface area contributed by atoms with E-state index >= 15 is 0 Å². The molecule has 33 heavy (non-hydrogen) atoms. The average molecular weight is 438 g/mol. The number of rotatable bonds is 6. The Hall–Kier alpha value is -3.99. The lowest BCUT2D eigenvalue weighted by atomic mass is 9.99. The van der Waals surface area contributed by atoms with Crippen LogP contribution >= 0.6 is 0 Å². The van der Waals surface area contributed by atoms with Crippen LogP contribution in [-0.4, -0.2) is 20.5 Å². The Labute approximate surface area is 196 Å². The van der Waals surface area contributed by atoms with Gasteiger partial charge in [0, 0.05) is 54.9 Å². The van der Waals surface area contributed by atoms with Gasteiger partial charge in [0.05, 0.1) is 5.71 Å². The third-order valence-electron chi connectivity index (χ3n) is 5.25. The van der Waals surface area contributed by atoms with E-state index in [0.717, 1.165) is 33.9 Å². The summed E-state index contributed by atoms with van der Waals surface area (Å²) in [6.07, 6.45) is 16.1. The monoisotopic (exact) mass is 437 g/mol. The lowest BCUT2D eigenvalue weighted by Crippen LogP contribution is -2.07. The van der Waals surface area contributed by atoms with Crippen molar-refractivity contribution in [2.45, 2.75) is 20.4 Å². The molecule has 0 aliphatic carbocycles. The van der Waals surface area contributed by atoms with Gasteiger partial charge in [-0.15, -0.1) is 13.2 Å². The van der Waals surface area contributed by atoms with Gasteiger partial charge in [-0.3, -0.25) is 14.7 Å². The molecule has 0 fully saturated rings. The third-order valence-corrected chi connectivity index (χ3v) is 5.25. The molecular formula is C28H31N5. The van der Waals surface area contributed by atoms with Crippen LogP contribution in [0.2, 0.25) is 0 Å². The van der Waals surface area contributed by atoms with Crippen LogP contribution in [0, 0.1) is 5.92 Å². The maximum absolute atomic E-state index is 4.85. The molecule has 0 radical (unpaired) electrons. The summed E-state index contributed by atoms with van der Waals surface area (Å²) in [6, 6.07) is 12.5. The molecule has 0 saturated carbocycles. The van der Waals surface area contributed by atoms with Gasteiger partial charge in [-0.1, -0.05) is 49.4 Å². The standard InChI is InChI=1S/C26H27N5.C2H4/c1-4-5-6-24-19(2)7-12-25(29-24)22-10-8-20(9-11-22)17-28-26-23(18-31(3)30-26)21-13-15-27-16-14-21;1-2/h4-16,18-19H,17H2,1-3H3,(H,28,30);1-2H2/b5-4-,24-6+;. The predicted octanol–water partition coefficient (Wildman–Crippen LogP) is 6.35. The number of aliphatic imine (C=N–C) groups is 1. The van der Waals surface area contributed by atoms with Gasteiger partial charge in [0.1, 0.15) is 0 Å². The number of aromatic nitrogens is 3. The van der Waals surface area contributed by atoms with E-state index < -0.39 is 0 Å². The molecule has 1 atom stereocenters. The van der Waals surface area contributed by atoms with Crippen LogP contribution in [0.1, 0.15) is 25.0 Å². The zero-order chi connectivity index (χ0) is 23.6. The molecule has 0 saturated heterocycles. The van der Waals surface area contributed by atoms with E-state index in [1.165, 1.54) is 5.56 Å². The molecule has 1 aromatic carbocycles. The van der Waals surface area contributed by atoms with E-state index in [0.29, 0.717) is 12.5 Å². The Kier molecular flexibility index (Phi) is 8.30. The van der Waals surface area contributed by atoms with Gasteiger partial charge in [-0.2, -0.15) is 5.10 Å². The van der Waals surface area contributed by atoms with Crippen molar-refractivity contribution < 1.29 is 0 Å². The number of hydrogen-bond donors (Lipinski definition) is 1. The highest BCUT2D eigenvalue weighted by Gasteiger charge is 2.13. The fraction of sp³-hybridized carbons (Fsp3) is 0.179. The second-order valence-corrected chi connectivity index (χ2v) is 7.61. The Balaban J connectivity index is 0.00000149. The summed E-state index contributed by atoms with van der Waals surface area (Å²) >= 11 is 0. The number of benzene rings is 1. The fourth-order valence-corrected chi connectivity index (χ4v) is 3.50. The van der Waals surface area contributed by atoms with Gasteiger partial charge in [0.15, 0.2) is 5.82 Å². The van der Waals surface area contributed by atoms with Gasteiger partial charge in [-0.25, -0.2) is 0 Å². The predicted molar refractivity (Wildman–Crippen MR) is 139 cm³/mol. The van der Waals surface area contributed by atoms with Gasteiger partial charge in [0.2, 0.25) is 0 Å². The number of anilines is 1. The maximum atomic E-state index is 4.85. The second-order valence-electron chi connectivity index (χ2n) is 7.61. The van der Waals surface area contributed by atoms with Crippen LogP contribution in [0.25, 0.3) is 11.1 Å². The molecule has 1 unspecified atom stereocenters. The normalized spacial score (nSPS) is 16.4. The molecule has 1 N–H and O–H groups in total. The summed E-state index contributed by atoms with van der Waals surface area (Å²) in [4.78, 5) is 8.95. The Morgan fingerprint density at radius 1 is 1.06 bits per heavy atom. The summed E-state index contributed by atoms with van der Waals surface area (Å²) < 4.78 is 1.83. The van der Waals surface area contributed by atoms with E-state index in [1.54, 1.807) is 12.4 Å². The molecule has 0 amide bonds. The Bertz CT molecular complexity index is 1160. The van der Waals surface area contributed by atoms with Gasteiger partial charge in [-0.05, 0) is 42.3 Å². The molecule has 1 aliphatic rings. The molecule has 0 bridgehead atoms. The quantitative estimate of drug-likeness (QED) is 0.457. The minimum Gasteiger partial charge on any atom is -0.364 e. The van der Waals surface area contributed by atoms with Crippen molar-refractivity contribution in [3.8, 4) is 11.1 Å². The SMILES string of the molecule is C/C=C\C=C1\N=C(c2ccc(CNc3nn(C)cc3-c3ccncc3)cc2)C=CC1C.C=C. The first-order valence-electron chi connectivity index (χ1n) is 11.0. The van der Waals surface area contributed by atoms with Crippen molar-refractivity contribution in [1.82, 2.24) is 14.8 Å². The van der Waals surface area contributed by atoms with E-state index in [2.05, 4.69) is 78.0 Å². The van der Waals surface area contributed by atoms with Gasteiger partial charge in [0.25, 0.3) is 0 Å². The summed E-state index contributed by atoms with van der Waals surface area (Å²) in [5.74, 6) is 1.20. The molecule has 5 heteroatoms. The van der Waals surface area contributed by atoms with Gasteiger partial charge < -0.3 is 5.32 Å². The number of aryl methyl sites for hydroxylation is 1. The smallest absolute Gasteiger partial charge is 0.156 e. The van der Waals surface area contributed by atoms with Gasteiger partial charge >= 0.3 is 0 Å². The number of allylic oxidation sites excluding steroid dienone is 5. The zero-order valence-electron chi connectivity index (χ0n) is 19.6. The van der Waals surface area contributed by atoms with Crippen molar-refractivity contribution >= 4 is 11.5 Å². The van der Waals surface area contributed by atoms with Crippen molar-refractivity contribution in [2.24, 2.45) is 18.0 Å². The van der Waals surface area contributed by atoms with Crippen LogP contribution in [0.5, 0.6) is 0 Å². The lowest BCUT2D eigenvalue weighted by Gasteiger charge is -2.15. The van der Waals surface area contributed by atoms with Crippen LogP contribution < -0.4 is 5.32 Å². The minimum atomic E-state index is 0.330. The van der Waals surface area contributed by atoms with Crippen LogP contribution in [0.15, 0.2) is 109 Å². The number of nitrogens with zero attached hydrogens (tertiary/aromatic N) is 4. The number of dihydropyridines is 1. The molecule has 3 aromatic rings. The van der Waals surface area contributed by atoms with Crippen LogP contribution in [0.4, 0.5) is 5.82 Å². The molecule has 0 spiro atoms. The number of hydrogen-bond acceptors (Lipinski definition) is 4. The molecular weight excluding hydrogens is 406 g/mol. The van der Waals surface area contributed by atoms with Crippen molar-refractivity contribution in [3.05, 3.63) is 115 Å². The summed E-state index contributed by atoms with van der Waals surface area (Å²) in [5, 5.41) is 8.05. The highest BCUT2D eigenvalue weighted by atomic mass is 15.3. The number of pyridine rings is 1. The van der Waals surface area contributed by atoms with Crippen LogP contribution in [0.3, 0.4) is 0 Å². The Morgan fingerprint density at radius 2 is 1.79 bits per heavy atom. The molecule has 2 aromatic heterocycles. The topological polar surface area (TPSA) is 55.1 Å². The number of nitrogens with one attached hydrogen (secondary N) is 1. The lowest BCUT2D eigenvalue weighted by molar-refractivity contribution is 0.768. The van der Waals surface area contributed by atoms with E-state index in [9.17, 15) is 0 Å². The summed E-state index contributed by atoms with van der Waals surface area (Å²) in [7, 11) is 1.93. The summed E-state index contributed by atoms with van der Waals surface area (Å²) in [6.45, 7) is 10.9. The minimum absolute atomic E-state index is 0.330. The summed E-state index contributed by atoms with van der Waals surface area (Å²) in [5.41, 5.74) is 6.55. The molecule has 1 aliphatic heterocycles. The molecule has 168 valence electrons. The Morgan fingerprint density at radius 3 is 2.48 bits per heavy atom. The first kappa shape index (κ1) is 23.7. The fourth-order valence-electron chi connectivity index (χ4n) is 3.50. The first-order chi connectivity index (χ1) is 16.1. The van der Waals surface area contributed by atoms with E-state index in [4.69, 9.17) is 4.99 Å². The van der Waals surface area contributed by atoms with Crippen molar-refractivity contribution in [2.75, 3.05) is 5.32 Å². The van der Waals surface area contributed by atoms with E-state index in [1.807, 2.05) is 49.1 Å². The van der Waals surface area contributed by atoms with E-state index in [-0.39, 0.29) is 0 Å². The zero-order valence-corrected chi connectivity index (χ0v) is 19.6. The highest BCUT2D eigenvalue weighted by Crippen LogP contribution is 2.26. The maximum Gasteiger partial charge on any atom is 0.156 e. The molecule has 3 heterocycles. The van der Waals surface area contributed by atoms with Crippen molar-refractivity contribution in [1.29, 1.82) is 0 Å². The molecule has 4 rings (SSSR count). The second kappa shape index (κ2) is 11.6. The van der Waals surface area contributed by atoms with Crippen LogP contribution in [-0.2, 0) is 13.6 Å². The average Bonchev–Trinajstić information content (AvgIpc) is 3.25. The molecule has 5 nitrogen and oxygen atoms in total.